The number of rotatable bonds is 1. The standard InChI is InChI=1S/C11H12ClN3/c12-9-3-1-2-8-10(14-15-11(8)9)7-4-5-13-6-7/h1-3,7,13H,4-6H2,(H,14,15). The normalized spacial score (nSPS) is 21.3. The molecule has 2 N–H and O–H groups in total. The molecule has 1 unspecified atom stereocenters. The molecule has 78 valence electrons. The molecule has 0 amide bonds. The number of nitrogens with one attached hydrogen (secondary N) is 2. The van der Waals surface area contributed by atoms with Crippen LogP contribution in [0.25, 0.3) is 10.9 Å². The number of benzene rings is 1. The highest BCUT2D eigenvalue weighted by atomic mass is 35.5. The van der Waals surface area contributed by atoms with Crippen LogP contribution in [0.15, 0.2) is 18.2 Å². The Bertz CT molecular complexity index is 486. The van der Waals surface area contributed by atoms with E-state index in [1.807, 2.05) is 12.1 Å². The van der Waals surface area contributed by atoms with E-state index in [2.05, 4.69) is 21.6 Å². The molecular formula is C11H12ClN3. The summed E-state index contributed by atoms with van der Waals surface area (Å²) in [6, 6.07) is 5.94. The predicted octanol–water partition coefficient (Wildman–Crippen LogP) is 2.29. The molecule has 1 aliphatic heterocycles. The van der Waals surface area contributed by atoms with Crippen LogP contribution >= 0.6 is 11.6 Å². The van der Waals surface area contributed by atoms with E-state index in [0.29, 0.717) is 5.92 Å². The molecule has 1 aromatic carbocycles. The van der Waals surface area contributed by atoms with E-state index in [-0.39, 0.29) is 0 Å². The Balaban J connectivity index is 2.15. The number of halogens is 1. The van der Waals surface area contributed by atoms with Gasteiger partial charge in [-0.15, -0.1) is 0 Å². The van der Waals surface area contributed by atoms with E-state index in [9.17, 15) is 0 Å². The van der Waals surface area contributed by atoms with Crippen molar-refractivity contribution >= 4 is 22.5 Å². The van der Waals surface area contributed by atoms with Crippen LogP contribution in [0.2, 0.25) is 5.02 Å². The molecule has 0 radical (unpaired) electrons. The van der Waals surface area contributed by atoms with Crippen LogP contribution in [0, 0.1) is 0 Å². The molecular weight excluding hydrogens is 210 g/mol. The Hall–Kier alpha value is -1.06. The van der Waals surface area contributed by atoms with Gasteiger partial charge in [-0.3, -0.25) is 5.10 Å². The fourth-order valence-electron chi connectivity index (χ4n) is 2.23. The average molecular weight is 222 g/mol. The molecule has 1 aliphatic rings. The molecule has 0 bridgehead atoms. The molecule has 0 saturated carbocycles. The molecule has 1 aromatic heterocycles. The minimum Gasteiger partial charge on any atom is -0.316 e. The number of nitrogens with zero attached hydrogens (tertiary/aromatic N) is 1. The summed E-state index contributed by atoms with van der Waals surface area (Å²) >= 11 is 6.08. The first kappa shape index (κ1) is 9.19. The van der Waals surface area contributed by atoms with Crippen LogP contribution in [-0.4, -0.2) is 23.3 Å². The first-order valence-electron chi connectivity index (χ1n) is 5.19. The van der Waals surface area contributed by atoms with Crippen molar-refractivity contribution in [1.29, 1.82) is 0 Å². The Kier molecular flexibility index (Phi) is 2.15. The second kappa shape index (κ2) is 3.51. The Morgan fingerprint density at radius 3 is 3.13 bits per heavy atom. The van der Waals surface area contributed by atoms with Crippen molar-refractivity contribution in [3.8, 4) is 0 Å². The lowest BCUT2D eigenvalue weighted by Gasteiger charge is -2.05. The lowest BCUT2D eigenvalue weighted by atomic mass is 10.0. The summed E-state index contributed by atoms with van der Waals surface area (Å²) < 4.78 is 0. The lowest BCUT2D eigenvalue weighted by Crippen LogP contribution is -2.08. The minimum absolute atomic E-state index is 0.550. The number of fused-ring (bicyclic) bond motifs is 1. The molecule has 4 heteroatoms. The summed E-state index contributed by atoms with van der Waals surface area (Å²) in [5.41, 5.74) is 2.11. The smallest absolute Gasteiger partial charge is 0.111 e. The number of aromatic amines is 1. The van der Waals surface area contributed by atoms with E-state index in [4.69, 9.17) is 11.6 Å². The summed E-state index contributed by atoms with van der Waals surface area (Å²) in [4.78, 5) is 0. The van der Waals surface area contributed by atoms with Crippen molar-refractivity contribution in [2.24, 2.45) is 0 Å². The Morgan fingerprint density at radius 1 is 1.40 bits per heavy atom. The minimum atomic E-state index is 0.550. The van der Waals surface area contributed by atoms with Crippen molar-refractivity contribution in [1.82, 2.24) is 15.5 Å². The first-order valence-corrected chi connectivity index (χ1v) is 5.57. The molecule has 1 fully saturated rings. The van der Waals surface area contributed by atoms with E-state index >= 15 is 0 Å². The van der Waals surface area contributed by atoms with Crippen LogP contribution < -0.4 is 5.32 Å². The maximum absolute atomic E-state index is 6.08. The molecule has 1 atom stereocenters. The molecule has 2 heterocycles. The average Bonchev–Trinajstić information content (AvgIpc) is 2.85. The van der Waals surface area contributed by atoms with Gasteiger partial charge in [-0.2, -0.15) is 5.10 Å². The maximum atomic E-state index is 6.08. The monoisotopic (exact) mass is 221 g/mol. The molecule has 3 rings (SSSR count). The second-order valence-electron chi connectivity index (χ2n) is 3.96. The maximum Gasteiger partial charge on any atom is 0.111 e. The molecule has 1 saturated heterocycles. The summed E-state index contributed by atoms with van der Waals surface area (Å²) in [7, 11) is 0. The van der Waals surface area contributed by atoms with Crippen molar-refractivity contribution in [3.63, 3.8) is 0 Å². The SMILES string of the molecule is Clc1cccc2c(C3CCNC3)[nH]nc12. The van der Waals surface area contributed by atoms with Gasteiger partial charge in [0.1, 0.15) is 5.52 Å². The summed E-state index contributed by atoms with van der Waals surface area (Å²) in [5.74, 6) is 0.550. The third kappa shape index (κ3) is 1.43. The second-order valence-corrected chi connectivity index (χ2v) is 4.37. The van der Waals surface area contributed by atoms with Gasteiger partial charge in [-0.25, -0.2) is 0 Å². The van der Waals surface area contributed by atoms with Crippen LogP contribution in [0.3, 0.4) is 0 Å². The van der Waals surface area contributed by atoms with Crippen LogP contribution in [0.5, 0.6) is 0 Å². The Labute approximate surface area is 92.8 Å². The Morgan fingerprint density at radius 2 is 2.33 bits per heavy atom. The zero-order chi connectivity index (χ0) is 10.3. The lowest BCUT2D eigenvalue weighted by molar-refractivity contribution is 0.734. The number of H-pyrrole nitrogens is 1. The van der Waals surface area contributed by atoms with E-state index < -0.39 is 0 Å². The van der Waals surface area contributed by atoms with E-state index in [0.717, 1.165) is 29.0 Å². The van der Waals surface area contributed by atoms with E-state index in [1.54, 1.807) is 0 Å². The first-order chi connectivity index (χ1) is 7.36. The quantitative estimate of drug-likeness (QED) is 0.776. The molecule has 0 aliphatic carbocycles. The summed E-state index contributed by atoms with van der Waals surface area (Å²) in [6.45, 7) is 2.12. The molecule has 3 nitrogen and oxygen atoms in total. The van der Waals surface area contributed by atoms with Crippen LogP contribution in [0.4, 0.5) is 0 Å². The van der Waals surface area contributed by atoms with Gasteiger partial charge in [0.05, 0.1) is 5.02 Å². The van der Waals surface area contributed by atoms with Gasteiger partial charge in [0.2, 0.25) is 0 Å². The van der Waals surface area contributed by atoms with Crippen LogP contribution in [-0.2, 0) is 0 Å². The van der Waals surface area contributed by atoms with Crippen molar-refractivity contribution in [2.45, 2.75) is 12.3 Å². The fourth-order valence-corrected chi connectivity index (χ4v) is 2.45. The highest BCUT2D eigenvalue weighted by Gasteiger charge is 2.21. The highest BCUT2D eigenvalue weighted by Crippen LogP contribution is 2.30. The van der Waals surface area contributed by atoms with Gasteiger partial charge in [0.25, 0.3) is 0 Å². The number of hydrogen-bond donors (Lipinski definition) is 2. The van der Waals surface area contributed by atoms with Gasteiger partial charge in [0, 0.05) is 23.5 Å². The summed E-state index contributed by atoms with van der Waals surface area (Å²) in [6.07, 6.45) is 1.17. The fraction of sp³-hybridized carbons (Fsp3) is 0.364. The van der Waals surface area contributed by atoms with Gasteiger partial charge in [-0.1, -0.05) is 23.7 Å². The molecule has 15 heavy (non-hydrogen) atoms. The number of hydrogen-bond acceptors (Lipinski definition) is 2. The van der Waals surface area contributed by atoms with Gasteiger partial charge in [-0.05, 0) is 19.0 Å². The highest BCUT2D eigenvalue weighted by molar-refractivity contribution is 6.35. The predicted molar refractivity (Wildman–Crippen MR) is 61.3 cm³/mol. The van der Waals surface area contributed by atoms with Crippen molar-refractivity contribution in [3.05, 3.63) is 28.9 Å². The van der Waals surface area contributed by atoms with Crippen molar-refractivity contribution in [2.75, 3.05) is 13.1 Å². The van der Waals surface area contributed by atoms with Gasteiger partial charge in [0.15, 0.2) is 0 Å². The number of para-hydroxylation sites is 1. The van der Waals surface area contributed by atoms with Crippen LogP contribution in [0.1, 0.15) is 18.0 Å². The topological polar surface area (TPSA) is 40.7 Å². The molecule has 0 spiro atoms. The van der Waals surface area contributed by atoms with Gasteiger partial charge >= 0.3 is 0 Å². The summed E-state index contributed by atoms with van der Waals surface area (Å²) in [5, 5.41) is 12.6. The third-order valence-corrected chi connectivity index (χ3v) is 3.34. The molecule has 2 aromatic rings. The zero-order valence-electron chi connectivity index (χ0n) is 8.26. The van der Waals surface area contributed by atoms with Gasteiger partial charge < -0.3 is 5.32 Å². The largest absolute Gasteiger partial charge is 0.316 e. The number of aromatic nitrogens is 2. The van der Waals surface area contributed by atoms with E-state index in [1.165, 1.54) is 12.1 Å². The van der Waals surface area contributed by atoms with Crippen molar-refractivity contribution < 1.29 is 0 Å². The third-order valence-electron chi connectivity index (χ3n) is 3.03. The zero-order valence-corrected chi connectivity index (χ0v) is 9.01.